The summed E-state index contributed by atoms with van der Waals surface area (Å²) in [7, 11) is 0. The van der Waals surface area contributed by atoms with E-state index in [9.17, 15) is 0 Å². The molecule has 1 fully saturated rings. The van der Waals surface area contributed by atoms with Crippen molar-refractivity contribution in [1.82, 2.24) is 15.0 Å². The monoisotopic (exact) mass is 434 g/mol. The molecule has 5 rings (SSSR count). The second-order valence-electron chi connectivity index (χ2n) is 8.30. The van der Waals surface area contributed by atoms with Crippen LogP contribution in [-0.4, -0.2) is 54.4 Å². The Hall–Kier alpha value is -3.06. The molecule has 1 unspecified atom stereocenters. The second kappa shape index (κ2) is 9.20. The van der Waals surface area contributed by atoms with Gasteiger partial charge in [-0.25, -0.2) is 0 Å². The third kappa shape index (κ3) is 4.05. The van der Waals surface area contributed by atoms with Gasteiger partial charge < -0.3 is 24.2 Å². The highest BCUT2D eigenvalue weighted by Gasteiger charge is 2.29. The van der Waals surface area contributed by atoms with E-state index in [-0.39, 0.29) is 0 Å². The summed E-state index contributed by atoms with van der Waals surface area (Å²) < 4.78 is 17.1. The predicted molar refractivity (Wildman–Crippen MR) is 124 cm³/mol. The largest absolute Gasteiger partial charge is 0.490 e. The van der Waals surface area contributed by atoms with Gasteiger partial charge in [-0.3, -0.25) is 0 Å². The molecule has 1 atom stereocenters. The van der Waals surface area contributed by atoms with Gasteiger partial charge in [-0.05, 0) is 69.6 Å². The maximum atomic E-state index is 5.75. The van der Waals surface area contributed by atoms with Crippen LogP contribution < -0.4 is 14.8 Å². The first-order valence-corrected chi connectivity index (χ1v) is 11.6. The number of fused-ring (bicyclic) bond motifs is 1. The number of ether oxygens (including phenoxy) is 2. The predicted octanol–water partition coefficient (Wildman–Crippen LogP) is 4.81. The number of anilines is 1. The van der Waals surface area contributed by atoms with E-state index >= 15 is 0 Å². The number of nitrogens with one attached hydrogen (secondary N) is 1. The molecule has 0 saturated carbocycles. The fraction of sp³-hybridized carbons (Fsp3) is 0.440. The Balaban J connectivity index is 1.45. The van der Waals surface area contributed by atoms with Crippen LogP contribution >= 0.6 is 0 Å². The summed E-state index contributed by atoms with van der Waals surface area (Å²) >= 11 is 0. The van der Waals surface area contributed by atoms with Crippen molar-refractivity contribution < 1.29 is 14.0 Å². The molecule has 1 saturated heterocycles. The Morgan fingerprint density at radius 3 is 2.69 bits per heavy atom. The van der Waals surface area contributed by atoms with Crippen LogP contribution in [0.3, 0.4) is 0 Å². The minimum absolute atomic E-state index is 0.427. The summed E-state index contributed by atoms with van der Waals surface area (Å²) in [5, 5.41) is 7.91. The van der Waals surface area contributed by atoms with Crippen molar-refractivity contribution in [3.05, 3.63) is 42.0 Å². The van der Waals surface area contributed by atoms with Gasteiger partial charge in [0.1, 0.15) is 0 Å². The van der Waals surface area contributed by atoms with Gasteiger partial charge in [0.15, 0.2) is 11.5 Å². The zero-order valence-electron chi connectivity index (χ0n) is 18.8. The first-order valence-electron chi connectivity index (χ1n) is 11.6. The van der Waals surface area contributed by atoms with Gasteiger partial charge in [-0.2, -0.15) is 4.98 Å². The van der Waals surface area contributed by atoms with Crippen molar-refractivity contribution in [1.29, 1.82) is 0 Å². The molecule has 0 spiro atoms. The van der Waals surface area contributed by atoms with E-state index in [0.29, 0.717) is 36.6 Å². The Morgan fingerprint density at radius 1 is 1.06 bits per heavy atom. The normalized spacial score (nSPS) is 17.9. The lowest BCUT2D eigenvalue weighted by Crippen LogP contribution is -2.26. The number of benzene rings is 2. The molecule has 0 bridgehead atoms. The van der Waals surface area contributed by atoms with Crippen LogP contribution in [-0.2, 0) is 0 Å². The molecule has 7 nitrogen and oxygen atoms in total. The van der Waals surface area contributed by atoms with Gasteiger partial charge in [0.2, 0.25) is 5.82 Å². The van der Waals surface area contributed by atoms with E-state index in [1.54, 1.807) is 0 Å². The smallest absolute Gasteiger partial charge is 0.258 e. The first kappa shape index (κ1) is 20.8. The van der Waals surface area contributed by atoms with E-state index in [2.05, 4.69) is 33.6 Å². The van der Waals surface area contributed by atoms with Crippen LogP contribution in [0.5, 0.6) is 11.5 Å². The standard InChI is InChI=1S/C25H30N4O3/c1-3-30-21-11-10-17(14-22(21)31-4-2)25-27-24(28-32-25)19-8-7-9-20-23(19)18(15-26-20)16-29-12-5-6-13-29/h7-11,14,18,26H,3-6,12-13,15-16H2,1-2H3. The van der Waals surface area contributed by atoms with Crippen molar-refractivity contribution in [3.63, 3.8) is 0 Å². The molecular weight excluding hydrogens is 404 g/mol. The molecule has 2 aromatic carbocycles. The van der Waals surface area contributed by atoms with Gasteiger partial charge >= 0.3 is 0 Å². The third-order valence-electron chi connectivity index (χ3n) is 6.19. The van der Waals surface area contributed by atoms with Gasteiger partial charge in [-0.15, -0.1) is 0 Å². The maximum Gasteiger partial charge on any atom is 0.258 e. The SMILES string of the molecule is CCOc1ccc(-c2nc(-c3cccc4c3C(CN3CCCC3)CN4)no2)cc1OCC. The van der Waals surface area contributed by atoms with Crippen molar-refractivity contribution in [2.45, 2.75) is 32.6 Å². The molecule has 3 heterocycles. The van der Waals surface area contributed by atoms with Gasteiger partial charge in [0.05, 0.1) is 13.2 Å². The van der Waals surface area contributed by atoms with E-state index in [4.69, 9.17) is 19.0 Å². The van der Waals surface area contributed by atoms with E-state index in [1.807, 2.05) is 32.0 Å². The van der Waals surface area contributed by atoms with Gasteiger partial charge in [0, 0.05) is 35.8 Å². The highest BCUT2D eigenvalue weighted by molar-refractivity contribution is 5.74. The molecule has 3 aromatic rings. The van der Waals surface area contributed by atoms with Crippen molar-refractivity contribution >= 4 is 5.69 Å². The molecule has 0 radical (unpaired) electrons. The first-order chi connectivity index (χ1) is 15.8. The molecule has 0 amide bonds. The number of hydrogen-bond acceptors (Lipinski definition) is 7. The van der Waals surface area contributed by atoms with E-state index in [0.717, 1.165) is 30.0 Å². The third-order valence-corrected chi connectivity index (χ3v) is 6.19. The average molecular weight is 435 g/mol. The number of likely N-dealkylation sites (tertiary alicyclic amines) is 1. The Kier molecular flexibility index (Phi) is 5.99. The number of hydrogen-bond donors (Lipinski definition) is 1. The molecule has 7 heteroatoms. The molecule has 32 heavy (non-hydrogen) atoms. The molecule has 0 aliphatic carbocycles. The topological polar surface area (TPSA) is 72.7 Å². The minimum atomic E-state index is 0.427. The highest BCUT2D eigenvalue weighted by Crippen LogP contribution is 2.40. The number of rotatable bonds is 8. The minimum Gasteiger partial charge on any atom is -0.490 e. The number of aromatic nitrogens is 2. The molecule has 168 valence electrons. The van der Waals surface area contributed by atoms with Crippen LogP contribution in [0.4, 0.5) is 5.69 Å². The zero-order valence-corrected chi connectivity index (χ0v) is 18.8. The molecule has 2 aliphatic rings. The van der Waals surface area contributed by atoms with E-state index < -0.39 is 0 Å². The van der Waals surface area contributed by atoms with E-state index in [1.165, 1.54) is 37.2 Å². The maximum absolute atomic E-state index is 5.75. The molecule has 2 aliphatic heterocycles. The van der Waals surface area contributed by atoms with Gasteiger partial charge in [-0.1, -0.05) is 17.3 Å². The molecule has 1 N–H and O–H groups in total. The quantitative estimate of drug-likeness (QED) is 0.546. The lowest BCUT2D eigenvalue weighted by molar-refractivity contribution is 0.288. The highest BCUT2D eigenvalue weighted by atomic mass is 16.5. The summed E-state index contributed by atoms with van der Waals surface area (Å²) in [5.74, 6) is 2.93. The van der Waals surface area contributed by atoms with Crippen molar-refractivity contribution in [3.8, 4) is 34.3 Å². The van der Waals surface area contributed by atoms with Crippen LogP contribution in [0.1, 0.15) is 38.2 Å². The number of nitrogens with zero attached hydrogens (tertiary/aromatic N) is 3. The zero-order chi connectivity index (χ0) is 21.9. The summed E-state index contributed by atoms with van der Waals surface area (Å²) in [6.07, 6.45) is 2.60. The Labute approximate surface area is 188 Å². The summed E-state index contributed by atoms with van der Waals surface area (Å²) in [4.78, 5) is 7.32. The molecule has 1 aromatic heterocycles. The fourth-order valence-corrected chi connectivity index (χ4v) is 4.76. The molecular formula is C25H30N4O3. The fourth-order valence-electron chi connectivity index (χ4n) is 4.76. The van der Waals surface area contributed by atoms with Crippen LogP contribution in [0.25, 0.3) is 22.8 Å². The Morgan fingerprint density at radius 2 is 1.88 bits per heavy atom. The second-order valence-corrected chi connectivity index (χ2v) is 8.30. The Bertz CT molecular complexity index is 1070. The lowest BCUT2D eigenvalue weighted by atomic mass is 9.95. The van der Waals surface area contributed by atoms with Crippen LogP contribution in [0, 0.1) is 0 Å². The lowest BCUT2D eigenvalue weighted by Gasteiger charge is -2.20. The average Bonchev–Trinajstić information content (AvgIpc) is 3.57. The van der Waals surface area contributed by atoms with Crippen molar-refractivity contribution in [2.24, 2.45) is 0 Å². The van der Waals surface area contributed by atoms with Crippen LogP contribution in [0.2, 0.25) is 0 Å². The summed E-state index contributed by atoms with van der Waals surface area (Å²) in [5.41, 5.74) is 4.34. The summed E-state index contributed by atoms with van der Waals surface area (Å²) in [6, 6.07) is 12.0. The van der Waals surface area contributed by atoms with Gasteiger partial charge in [0.25, 0.3) is 5.89 Å². The summed E-state index contributed by atoms with van der Waals surface area (Å²) in [6.45, 7) is 9.45. The van der Waals surface area contributed by atoms with Crippen molar-refractivity contribution in [2.75, 3.05) is 44.7 Å². The van der Waals surface area contributed by atoms with Crippen LogP contribution in [0.15, 0.2) is 40.9 Å².